The van der Waals surface area contributed by atoms with Gasteiger partial charge in [-0.05, 0) is 42.5 Å². The minimum absolute atomic E-state index is 0.236. The van der Waals surface area contributed by atoms with Crippen molar-refractivity contribution in [1.82, 2.24) is 14.9 Å². The number of halogens is 2. The van der Waals surface area contributed by atoms with Gasteiger partial charge in [-0.25, -0.2) is 0 Å². The first-order chi connectivity index (χ1) is 11.1. The van der Waals surface area contributed by atoms with Crippen LogP contribution in [-0.2, 0) is 6.61 Å². The summed E-state index contributed by atoms with van der Waals surface area (Å²) in [6, 6.07) is 8.59. The second kappa shape index (κ2) is 6.99. The zero-order valence-corrected chi connectivity index (χ0v) is 13.9. The highest BCUT2D eigenvalue weighted by Crippen LogP contribution is 2.28. The minimum atomic E-state index is 0.236. The van der Waals surface area contributed by atoms with Crippen molar-refractivity contribution in [3.63, 3.8) is 0 Å². The first-order valence-electron chi connectivity index (χ1n) is 6.45. The summed E-state index contributed by atoms with van der Waals surface area (Å²) < 4.78 is 13.0. The van der Waals surface area contributed by atoms with Gasteiger partial charge in [-0.15, -0.1) is 0 Å². The maximum atomic E-state index is 6.04. The number of aromatic nitrogens is 3. The van der Waals surface area contributed by atoms with E-state index in [4.69, 9.17) is 44.6 Å². The molecular formula is C14H10Cl2N4O2S. The molecule has 0 atom stereocenters. The summed E-state index contributed by atoms with van der Waals surface area (Å²) in [5.41, 5.74) is 0. The van der Waals surface area contributed by atoms with Crippen molar-refractivity contribution < 1.29 is 9.15 Å². The molecule has 0 saturated heterocycles. The molecular weight excluding hydrogens is 359 g/mol. The molecule has 1 aromatic carbocycles. The van der Waals surface area contributed by atoms with E-state index in [1.54, 1.807) is 30.3 Å². The van der Waals surface area contributed by atoms with E-state index in [2.05, 4.69) is 15.3 Å². The molecule has 2 heterocycles. The lowest BCUT2D eigenvalue weighted by Crippen LogP contribution is -1.94. The fourth-order valence-electron chi connectivity index (χ4n) is 1.73. The van der Waals surface area contributed by atoms with Gasteiger partial charge in [-0.1, -0.05) is 23.2 Å². The van der Waals surface area contributed by atoms with E-state index in [0.29, 0.717) is 32.1 Å². The van der Waals surface area contributed by atoms with Gasteiger partial charge in [-0.2, -0.15) is 14.9 Å². The van der Waals surface area contributed by atoms with E-state index in [1.165, 1.54) is 17.2 Å². The first-order valence-corrected chi connectivity index (χ1v) is 7.61. The van der Waals surface area contributed by atoms with Gasteiger partial charge in [0.25, 0.3) is 0 Å². The second-order valence-corrected chi connectivity index (χ2v) is 5.65. The van der Waals surface area contributed by atoms with Crippen molar-refractivity contribution in [2.45, 2.75) is 6.61 Å². The third kappa shape index (κ3) is 4.01. The summed E-state index contributed by atoms with van der Waals surface area (Å²) in [7, 11) is 0. The molecule has 0 spiro atoms. The molecule has 23 heavy (non-hydrogen) atoms. The van der Waals surface area contributed by atoms with E-state index >= 15 is 0 Å². The van der Waals surface area contributed by atoms with Crippen LogP contribution >= 0.6 is 35.4 Å². The molecule has 9 heteroatoms. The standard InChI is InChI=1S/C14H10Cl2N4O2S/c15-9-1-4-13(12(16)5-9)21-7-11-3-2-10(22-11)6-18-20-8-17-19-14(20)23/h1-6,8H,7H2,(H,19,23). The van der Waals surface area contributed by atoms with Gasteiger partial charge >= 0.3 is 0 Å². The average molecular weight is 369 g/mol. The van der Waals surface area contributed by atoms with Crippen LogP contribution in [0, 0.1) is 4.77 Å². The summed E-state index contributed by atoms with van der Waals surface area (Å²) in [4.78, 5) is 0. The van der Waals surface area contributed by atoms with Gasteiger partial charge in [-0.3, -0.25) is 5.10 Å². The van der Waals surface area contributed by atoms with E-state index in [0.717, 1.165) is 0 Å². The minimum Gasteiger partial charge on any atom is -0.484 e. The Morgan fingerprint density at radius 1 is 1.35 bits per heavy atom. The van der Waals surface area contributed by atoms with E-state index in [9.17, 15) is 0 Å². The van der Waals surface area contributed by atoms with Crippen LogP contribution in [0.2, 0.25) is 10.0 Å². The number of nitrogens with zero attached hydrogens (tertiary/aromatic N) is 3. The highest BCUT2D eigenvalue weighted by atomic mass is 35.5. The number of aromatic amines is 1. The number of H-pyrrole nitrogens is 1. The van der Waals surface area contributed by atoms with Crippen LogP contribution in [0.1, 0.15) is 11.5 Å². The number of benzene rings is 1. The maximum Gasteiger partial charge on any atom is 0.216 e. The second-order valence-electron chi connectivity index (χ2n) is 4.42. The maximum absolute atomic E-state index is 6.04. The number of hydrogen-bond acceptors (Lipinski definition) is 5. The van der Waals surface area contributed by atoms with Crippen molar-refractivity contribution in [1.29, 1.82) is 0 Å². The van der Waals surface area contributed by atoms with Crippen molar-refractivity contribution in [3.05, 3.63) is 63.0 Å². The molecule has 0 bridgehead atoms. The lowest BCUT2D eigenvalue weighted by molar-refractivity contribution is 0.270. The van der Waals surface area contributed by atoms with Gasteiger partial charge < -0.3 is 9.15 Å². The van der Waals surface area contributed by atoms with Crippen LogP contribution in [0.25, 0.3) is 0 Å². The molecule has 0 radical (unpaired) electrons. The lowest BCUT2D eigenvalue weighted by atomic mass is 10.3. The number of nitrogens with one attached hydrogen (secondary N) is 1. The Kier molecular flexibility index (Phi) is 4.80. The lowest BCUT2D eigenvalue weighted by Gasteiger charge is -2.06. The summed E-state index contributed by atoms with van der Waals surface area (Å²) >= 11 is 16.9. The Labute approximate surface area is 146 Å². The summed E-state index contributed by atoms with van der Waals surface area (Å²) in [6.07, 6.45) is 3.00. The largest absolute Gasteiger partial charge is 0.484 e. The molecule has 0 saturated carbocycles. The fraction of sp³-hybridized carbons (Fsp3) is 0.0714. The molecule has 0 unspecified atom stereocenters. The first kappa shape index (κ1) is 15.8. The molecule has 118 valence electrons. The topological polar surface area (TPSA) is 68.3 Å². The van der Waals surface area contributed by atoms with Crippen LogP contribution < -0.4 is 4.74 Å². The Balaban J connectivity index is 1.64. The Morgan fingerprint density at radius 3 is 2.96 bits per heavy atom. The number of hydrogen-bond donors (Lipinski definition) is 1. The van der Waals surface area contributed by atoms with Crippen LogP contribution in [0.3, 0.4) is 0 Å². The van der Waals surface area contributed by atoms with E-state index in [-0.39, 0.29) is 6.61 Å². The van der Waals surface area contributed by atoms with Gasteiger partial charge in [0, 0.05) is 5.02 Å². The predicted molar refractivity (Wildman–Crippen MR) is 89.9 cm³/mol. The third-order valence-corrected chi connectivity index (χ3v) is 3.60. The molecule has 0 amide bonds. The molecule has 0 aliphatic heterocycles. The summed E-state index contributed by atoms with van der Waals surface area (Å²) in [5, 5.41) is 11.5. The number of ether oxygens (including phenoxy) is 1. The quantitative estimate of drug-likeness (QED) is 0.538. The van der Waals surface area contributed by atoms with Crippen LogP contribution in [0.15, 0.2) is 46.2 Å². The molecule has 6 nitrogen and oxygen atoms in total. The zero-order chi connectivity index (χ0) is 16.2. The Hall–Kier alpha value is -2.09. The van der Waals surface area contributed by atoms with Crippen molar-refractivity contribution in [2.75, 3.05) is 0 Å². The number of rotatable bonds is 5. The Morgan fingerprint density at radius 2 is 2.22 bits per heavy atom. The monoisotopic (exact) mass is 368 g/mol. The van der Waals surface area contributed by atoms with Crippen molar-refractivity contribution in [2.24, 2.45) is 5.10 Å². The molecule has 0 fully saturated rings. The zero-order valence-electron chi connectivity index (χ0n) is 11.6. The Bertz CT molecular complexity index is 900. The van der Waals surface area contributed by atoms with Crippen LogP contribution in [0.5, 0.6) is 5.75 Å². The van der Waals surface area contributed by atoms with Gasteiger partial charge in [0.15, 0.2) is 0 Å². The fourth-order valence-corrected chi connectivity index (χ4v) is 2.34. The van der Waals surface area contributed by atoms with E-state index < -0.39 is 0 Å². The van der Waals surface area contributed by atoms with Crippen molar-refractivity contribution >= 4 is 41.6 Å². The van der Waals surface area contributed by atoms with Crippen LogP contribution in [0.4, 0.5) is 0 Å². The highest BCUT2D eigenvalue weighted by Gasteiger charge is 2.05. The van der Waals surface area contributed by atoms with Gasteiger partial charge in [0.2, 0.25) is 4.77 Å². The van der Waals surface area contributed by atoms with Gasteiger partial charge in [0.05, 0.1) is 11.2 Å². The molecule has 1 N–H and O–H groups in total. The molecule has 3 aromatic rings. The summed E-state index contributed by atoms with van der Waals surface area (Å²) in [5.74, 6) is 1.73. The molecule has 0 aliphatic carbocycles. The predicted octanol–water partition coefficient (Wildman–Crippen LogP) is 4.30. The average Bonchev–Trinajstić information content (AvgIpc) is 3.13. The highest BCUT2D eigenvalue weighted by molar-refractivity contribution is 7.71. The molecule has 0 aliphatic rings. The summed E-state index contributed by atoms with van der Waals surface area (Å²) in [6.45, 7) is 0.236. The third-order valence-electron chi connectivity index (χ3n) is 2.79. The van der Waals surface area contributed by atoms with Crippen LogP contribution in [-0.4, -0.2) is 21.1 Å². The van der Waals surface area contributed by atoms with Crippen molar-refractivity contribution in [3.8, 4) is 5.75 Å². The smallest absolute Gasteiger partial charge is 0.216 e. The van der Waals surface area contributed by atoms with E-state index in [1.807, 2.05) is 0 Å². The normalized spacial score (nSPS) is 11.2. The van der Waals surface area contributed by atoms with Gasteiger partial charge in [0.1, 0.15) is 30.2 Å². The number of furan rings is 1. The molecule has 3 rings (SSSR count). The molecule has 2 aromatic heterocycles. The SMILES string of the molecule is S=c1[nH]ncn1N=Cc1ccc(COc2ccc(Cl)cc2Cl)o1.